The lowest BCUT2D eigenvalue weighted by molar-refractivity contribution is -0.136. The van der Waals surface area contributed by atoms with Crippen LogP contribution in [-0.4, -0.2) is 29.7 Å². The monoisotopic (exact) mass is 230 g/mol. The Morgan fingerprint density at radius 1 is 1.35 bits per heavy atom. The molecular formula is C13H14N2O2. The number of carboxylic acid groups (broad SMARTS) is 1. The van der Waals surface area contributed by atoms with Crippen LogP contribution in [0.5, 0.6) is 0 Å². The highest BCUT2D eigenvalue weighted by molar-refractivity contribution is 5.90. The van der Waals surface area contributed by atoms with Crippen molar-refractivity contribution < 1.29 is 9.90 Å². The molecule has 0 saturated heterocycles. The molecule has 0 saturated carbocycles. The maximum atomic E-state index is 10.6. The molecule has 0 atom stereocenters. The minimum Gasteiger partial charge on any atom is -0.481 e. The van der Waals surface area contributed by atoms with Gasteiger partial charge in [0.2, 0.25) is 0 Å². The van der Waals surface area contributed by atoms with Gasteiger partial charge in [0.25, 0.3) is 0 Å². The summed E-state index contributed by atoms with van der Waals surface area (Å²) in [6, 6.07) is 9.80. The maximum absolute atomic E-state index is 10.6. The van der Waals surface area contributed by atoms with Gasteiger partial charge in [0.15, 0.2) is 0 Å². The molecule has 88 valence electrons. The number of aliphatic carboxylic acids is 1. The molecule has 2 rings (SSSR count). The van der Waals surface area contributed by atoms with Crippen LogP contribution in [0, 0.1) is 0 Å². The summed E-state index contributed by atoms with van der Waals surface area (Å²) in [6.45, 7) is 0.477. The van der Waals surface area contributed by atoms with Gasteiger partial charge in [0.05, 0.1) is 17.6 Å². The first kappa shape index (κ1) is 11.4. The minimum absolute atomic E-state index is 0.125. The summed E-state index contributed by atoms with van der Waals surface area (Å²) in [5.41, 5.74) is 1.87. The van der Waals surface area contributed by atoms with Crippen molar-refractivity contribution in [3.63, 3.8) is 0 Å². The van der Waals surface area contributed by atoms with Gasteiger partial charge in [-0.25, -0.2) is 0 Å². The number of hydrogen-bond acceptors (Lipinski definition) is 3. The van der Waals surface area contributed by atoms with E-state index in [0.717, 1.165) is 16.6 Å². The van der Waals surface area contributed by atoms with Gasteiger partial charge < -0.3 is 10.0 Å². The number of benzene rings is 1. The number of pyridine rings is 1. The number of para-hydroxylation sites is 1. The Kier molecular flexibility index (Phi) is 3.23. The Hall–Kier alpha value is -2.10. The summed E-state index contributed by atoms with van der Waals surface area (Å²) < 4.78 is 0. The van der Waals surface area contributed by atoms with E-state index < -0.39 is 5.97 Å². The normalized spacial score (nSPS) is 10.4. The zero-order valence-corrected chi connectivity index (χ0v) is 9.63. The van der Waals surface area contributed by atoms with Crippen LogP contribution in [0.2, 0.25) is 0 Å². The average Bonchev–Trinajstić information content (AvgIpc) is 2.35. The maximum Gasteiger partial charge on any atom is 0.305 e. The van der Waals surface area contributed by atoms with Crippen LogP contribution in [0.25, 0.3) is 10.9 Å². The molecule has 0 unspecified atom stereocenters. The van der Waals surface area contributed by atoms with Crippen LogP contribution in [0.15, 0.2) is 36.5 Å². The van der Waals surface area contributed by atoms with E-state index in [1.165, 1.54) is 0 Å². The molecule has 1 aromatic carbocycles. The lowest BCUT2D eigenvalue weighted by Crippen LogP contribution is -2.21. The second kappa shape index (κ2) is 4.82. The fourth-order valence-electron chi connectivity index (χ4n) is 1.78. The SMILES string of the molecule is CN(CCC(=O)O)c1cccc2cccnc12. The first-order valence-corrected chi connectivity index (χ1v) is 5.45. The zero-order chi connectivity index (χ0) is 12.3. The number of fused-ring (bicyclic) bond motifs is 1. The van der Waals surface area contributed by atoms with E-state index in [4.69, 9.17) is 5.11 Å². The van der Waals surface area contributed by atoms with Crippen molar-refractivity contribution >= 4 is 22.6 Å². The van der Waals surface area contributed by atoms with Crippen LogP contribution < -0.4 is 4.90 Å². The molecule has 0 bridgehead atoms. The fourth-order valence-corrected chi connectivity index (χ4v) is 1.78. The number of anilines is 1. The second-order valence-electron chi connectivity index (χ2n) is 3.92. The Labute approximate surface area is 99.5 Å². The molecule has 0 aliphatic rings. The van der Waals surface area contributed by atoms with Crippen molar-refractivity contribution in [1.82, 2.24) is 4.98 Å². The van der Waals surface area contributed by atoms with Crippen LogP contribution in [0.1, 0.15) is 6.42 Å². The molecular weight excluding hydrogens is 216 g/mol. The Bertz CT molecular complexity index is 534. The number of hydrogen-bond donors (Lipinski definition) is 1. The molecule has 0 radical (unpaired) electrons. The molecule has 0 amide bonds. The predicted octanol–water partition coefficient (Wildman–Crippen LogP) is 2.15. The van der Waals surface area contributed by atoms with E-state index in [-0.39, 0.29) is 6.42 Å². The van der Waals surface area contributed by atoms with Gasteiger partial charge in [-0.15, -0.1) is 0 Å². The molecule has 1 heterocycles. The van der Waals surface area contributed by atoms with E-state index in [2.05, 4.69) is 4.98 Å². The van der Waals surface area contributed by atoms with Gasteiger partial charge in [0.1, 0.15) is 0 Å². The molecule has 0 aliphatic heterocycles. The molecule has 2 aromatic rings. The van der Waals surface area contributed by atoms with Gasteiger partial charge in [-0.1, -0.05) is 18.2 Å². The first-order chi connectivity index (χ1) is 8.18. The first-order valence-electron chi connectivity index (χ1n) is 5.45. The molecule has 0 aliphatic carbocycles. The number of rotatable bonds is 4. The summed E-state index contributed by atoms with van der Waals surface area (Å²) in [4.78, 5) is 16.8. The van der Waals surface area contributed by atoms with Crippen molar-refractivity contribution in [2.45, 2.75) is 6.42 Å². The second-order valence-corrected chi connectivity index (χ2v) is 3.92. The number of nitrogens with zero attached hydrogens (tertiary/aromatic N) is 2. The van der Waals surface area contributed by atoms with Crippen molar-refractivity contribution in [2.75, 3.05) is 18.5 Å². The molecule has 1 N–H and O–H groups in total. The van der Waals surface area contributed by atoms with Crippen molar-refractivity contribution in [2.24, 2.45) is 0 Å². The Balaban J connectivity index is 2.31. The van der Waals surface area contributed by atoms with Crippen LogP contribution in [0.4, 0.5) is 5.69 Å². The summed E-state index contributed by atoms with van der Waals surface area (Å²) in [6.07, 6.45) is 1.87. The molecule has 4 nitrogen and oxygen atoms in total. The third-order valence-electron chi connectivity index (χ3n) is 2.68. The van der Waals surface area contributed by atoms with Crippen molar-refractivity contribution in [3.05, 3.63) is 36.5 Å². The van der Waals surface area contributed by atoms with E-state index in [9.17, 15) is 4.79 Å². The summed E-state index contributed by atoms with van der Waals surface area (Å²) in [5, 5.41) is 9.74. The third kappa shape index (κ3) is 2.53. The third-order valence-corrected chi connectivity index (χ3v) is 2.68. The highest BCUT2D eigenvalue weighted by atomic mass is 16.4. The van der Waals surface area contributed by atoms with Crippen molar-refractivity contribution in [3.8, 4) is 0 Å². The Morgan fingerprint density at radius 2 is 2.12 bits per heavy atom. The zero-order valence-electron chi connectivity index (χ0n) is 9.63. The van der Waals surface area contributed by atoms with Gasteiger partial charge in [-0.05, 0) is 12.1 Å². The van der Waals surface area contributed by atoms with Crippen LogP contribution in [-0.2, 0) is 4.79 Å². The molecule has 1 aromatic heterocycles. The number of aromatic nitrogens is 1. The molecule has 0 spiro atoms. The Morgan fingerprint density at radius 3 is 2.88 bits per heavy atom. The molecule has 17 heavy (non-hydrogen) atoms. The van der Waals surface area contributed by atoms with E-state index >= 15 is 0 Å². The topological polar surface area (TPSA) is 53.4 Å². The fraction of sp³-hybridized carbons (Fsp3) is 0.231. The highest BCUT2D eigenvalue weighted by Gasteiger charge is 2.07. The number of carbonyl (C=O) groups is 1. The van der Waals surface area contributed by atoms with Gasteiger partial charge in [-0.3, -0.25) is 9.78 Å². The quantitative estimate of drug-likeness (QED) is 0.874. The van der Waals surface area contributed by atoms with E-state index in [1.54, 1.807) is 6.20 Å². The van der Waals surface area contributed by atoms with E-state index in [1.807, 2.05) is 42.3 Å². The summed E-state index contributed by atoms with van der Waals surface area (Å²) in [7, 11) is 1.88. The highest BCUT2D eigenvalue weighted by Crippen LogP contribution is 2.23. The van der Waals surface area contributed by atoms with Gasteiger partial charge in [0, 0.05) is 25.2 Å². The van der Waals surface area contributed by atoms with Gasteiger partial charge in [-0.2, -0.15) is 0 Å². The summed E-state index contributed by atoms with van der Waals surface area (Å²) in [5.74, 6) is -0.787. The largest absolute Gasteiger partial charge is 0.481 e. The minimum atomic E-state index is -0.787. The van der Waals surface area contributed by atoms with Crippen molar-refractivity contribution in [1.29, 1.82) is 0 Å². The standard InChI is InChI=1S/C13H14N2O2/c1-15(9-7-12(16)17)11-6-2-4-10-5-3-8-14-13(10)11/h2-6,8H,7,9H2,1H3,(H,16,17). The lowest BCUT2D eigenvalue weighted by Gasteiger charge is -2.19. The smallest absolute Gasteiger partial charge is 0.305 e. The molecule has 0 fully saturated rings. The van der Waals surface area contributed by atoms with E-state index in [0.29, 0.717) is 6.54 Å². The number of carboxylic acids is 1. The average molecular weight is 230 g/mol. The van der Waals surface area contributed by atoms with Crippen LogP contribution in [0.3, 0.4) is 0 Å². The van der Waals surface area contributed by atoms with Gasteiger partial charge >= 0.3 is 5.97 Å². The predicted molar refractivity (Wildman–Crippen MR) is 67.3 cm³/mol. The summed E-state index contributed by atoms with van der Waals surface area (Å²) >= 11 is 0. The molecule has 4 heteroatoms. The van der Waals surface area contributed by atoms with Crippen LogP contribution >= 0.6 is 0 Å². The lowest BCUT2D eigenvalue weighted by atomic mass is 10.2.